The van der Waals surface area contributed by atoms with Crippen molar-refractivity contribution in [2.45, 2.75) is 51.2 Å². The van der Waals surface area contributed by atoms with Gasteiger partial charge in [-0.05, 0) is 62.4 Å². The van der Waals surface area contributed by atoms with E-state index in [9.17, 15) is 9.90 Å². The van der Waals surface area contributed by atoms with Gasteiger partial charge in [-0.15, -0.1) is 0 Å². The molecule has 9 heteroatoms. The zero-order valence-corrected chi connectivity index (χ0v) is 22.8. The van der Waals surface area contributed by atoms with Crippen LogP contribution in [0.5, 0.6) is 0 Å². The number of hydrogen-bond donors (Lipinski definition) is 1. The van der Waals surface area contributed by atoms with Crippen LogP contribution < -0.4 is 4.90 Å². The van der Waals surface area contributed by atoms with Crippen LogP contribution in [0.15, 0.2) is 53.1 Å². The summed E-state index contributed by atoms with van der Waals surface area (Å²) in [4.78, 5) is 13.7. The highest BCUT2D eigenvalue weighted by molar-refractivity contribution is 6.33. The molecule has 0 radical (unpaired) electrons. The first-order valence-electron chi connectivity index (χ1n) is 13.4. The van der Waals surface area contributed by atoms with Gasteiger partial charge in [0, 0.05) is 48.4 Å². The van der Waals surface area contributed by atoms with Gasteiger partial charge in [0.25, 0.3) is 0 Å². The number of nitrogens with zero attached hydrogens (tertiary/aromatic N) is 4. The second-order valence-corrected chi connectivity index (χ2v) is 10.9. The lowest BCUT2D eigenvalue weighted by Gasteiger charge is -2.33. The summed E-state index contributed by atoms with van der Waals surface area (Å²) in [6.45, 7) is 4.30. The highest BCUT2D eigenvalue weighted by Crippen LogP contribution is 2.45. The van der Waals surface area contributed by atoms with Gasteiger partial charge < -0.3 is 19.3 Å². The van der Waals surface area contributed by atoms with Crippen molar-refractivity contribution in [2.24, 2.45) is 7.05 Å². The highest BCUT2D eigenvalue weighted by atomic mass is 35.5. The number of benzene rings is 2. The number of aryl methyl sites for hydroxylation is 2. The molecule has 2 aromatic heterocycles. The molecule has 2 aliphatic rings. The zero-order chi connectivity index (χ0) is 27.1. The van der Waals surface area contributed by atoms with E-state index in [1.807, 2.05) is 37.3 Å². The molecule has 39 heavy (non-hydrogen) atoms. The van der Waals surface area contributed by atoms with E-state index in [-0.39, 0.29) is 11.8 Å². The van der Waals surface area contributed by atoms with E-state index in [1.54, 1.807) is 13.1 Å². The van der Waals surface area contributed by atoms with E-state index in [2.05, 4.69) is 27.3 Å². The van der Waals surface area contributed by atoms with Crippen LogP contribution in [0.4, 0.5) is 5.69 Å². The van der Waals surface area contributed by atoms with E-state index in [4.69, 9.17) is 20.9 Å². The largest absolute Gasteiger partial charge is 0.477 e. The lowest BCUT2D eigenvalue weighted by molar-refractivity contribution is 0.0246. The van der Waals surface area contributed by atoms with Gasteiger partial charge in [0.1, 0.15) is 17.1 Å². The SMILES string of the molecule is Cc1cccc(Cl)c1-c1noc(C2CC2)c1COC1CCN(c2ccc(-c3cc(C(=O)O)n(C)n3)cc2)CC1. The van der Waals surface area contributed by atoms with Gasteiger partial charge in [-0.1, -0.05) is 41.0 Å². The maximum atomic E-state index is 11.3. The highest BCUT2D eigenvalue weighted by Gasteiger charge is 2.34. The fourth-order valence-corrected chi connectivity index (χ4v) is 5.70. The van der Waals surface area contributed by atoms with E-state index in [0.29, 0.717) is 23.2 Å². The Morgan fingerprint density at radius 1 is 1.13 bits per heavy atom. The number of ether oxygens (including phenoxy) is 1. The predicted octanol–water partition coefficient (Wildman–Crippen LogP) is 6.47. The Morgan fingerprint density at radius 2 is 1.87 bits per heavy atom. The molecule has 0 atom stereocenters. The number of carbonyl (C=O) groups is 1. The van der Waals surface area contributed by atoms with E-state index in [1.165, 1.54) is 4.68 Å². The van der Waals surface area contributed by atoms with Gasteiger partial charge in [0.05, 0.1) is 23.4 Å². The van der Waals surface area contributed by atoms with Crippen LogP contribution in [-0.4, -0.2) is 45.2 Å². The van der Waals surface area contributed by atoms with Gasteiger partial charge in [-0.3, -0.25) is 4.68 Å². The Morgan fingerprint density at radius 3 is 2.51 bits per heavy atom. The monoisotopic (exact) mass is 546 g/mol. The first-order valence-corrected chi connectivity index (χ1v) is 13.7. The van der Waals surface area contributed by atoms with Crippen LogP contribution in [0.2, 0.25) is 5.02 Å². The van der Waals surface area contributed by atoms with Crippen LogP contribution in [0.1, 0.15) is 59.0 Å². The number of aromatic nitrogens is 3. The minimum atomic E-state index is -0.985. The summed E-state index contributed by atoms with van der Waals surface area (Å²) in [6.07, 6.45) is 4.26. The third-order valence-electron chi connectivity index (χ3n) is 7.76. The Kier molecular flexibility index (Phi) is 6.91. The van der Waals surface area contributed by atoms with Crippen molar-refractivity contribution in [1.82, 2.24) is 14.9 Å². The number of halogens is 1. The van der Waals surface area contributed by atoms with Gasteiger partial charge in [-0.2, -0.15) is 5.10 Å². The smallest absolute Gasteiger partial charge is 0.354 e. The van der Waals surface area contributed by atoms with Crippen molar-refractivity contribution < 1.29 is 19.2 Å². The molecular formula is C30H31ClN4O4. The minimum absolute atomic E-state index is 0.158. The molecule has 1 saturated heterocycles. The van der Waals surface area contributed by atoms with E-state index in [0.717, 1.165) is 78.2 Å². The van der Waals surface area contributed by atoms with Gasteiger partial charge >= 0.3 is 5.97 Å². The molecule has 6 rings (SSSR count). The van der Waals surface area contributed by atoms with Crippen molar-refractivity contribution in [1.29, 1.82) is 0 Å². The molecule has 1 aliphatic heterocycles. The molecule has 4 aromatic rings. The average Bonchev–Trinajstić information content (AvgIpc) is 3.57. The van der Waals surface area contributed by atoms with Crippen molar-refractivity contribution >= 4 is 23.3 Å². The summed E-state index contributed by atoms with van der Waals surface area (Å²) in [5, 5.41) is 18.8. The predicted molar refractivity (Wildman–Crippen MR) is 149 cm³/mol. The Balaban J connectivity index is 1.10. The van der Waals surface area contributed by atoms with E-state index < -0.39 is 5.97 Å². The fourth-order valence-electron chi connectivity index (χ4n) is 5.39. The van der Waals surface area contributed by atoms with Crippen LogP contribution in [0.3, 0.4) is 0 Å². The van der Waals surface area contributed by atoms with Gasteiger partial charge in [0.2, 0.25) is 0 Å². The third kappa shape index (κ3) is 5.18. The summed E-state index contributed by atoms with van der Waals surface area (Å²) in [5.41, 5.74) is 6.69. The fraction of sp³-hybridized carbons (Fsp3) is 0.367. The van der Waals surface area contributed by atoms with Crippen LogP contribution in [0.25, 0.3) is 22.5 Å². The molecule has 8 nitrogen and oxygen atoms in total. The van der Waals surface area contributed by atoms with Gasteiger partial charge in [-0.25, -0.2) is 4.79 Å². The summed E-state index contributed by atoms with van der Waals surface area (Å²) in [7, 11) is 1.64. The molecular weight excluding hydrogens is 516 g/mol. The Bertz CT molecular complexity index is 1480. The lowest BCUT2D eigenvalue weighted by Crippen LogP contribution is -2.37. The number of piperidine rings is 1. The maximum Gasteiger partial charge on any atom is 0.354 e. The topological polar surface area (TPSA) is 93.6 Å². The number of rotatable bonds is 8. The molecule has 0 bridgehead atoms. The van der Waals surface area contributed by atoms with Crippen molar-refractivity contribution in [3.05, 3.63) is 76.1 Å². The second kappa shape index (κ2) is 10.5. The molecule has 0 spiro atoms. The second-order valence-electron chi connectivity index (χ2n) is 10.5. The Hall–Kier alpha value is -3.62. The summed E-state index contributed by atoms with van der Waals surface area (Å²) < 4.78 is 13.7. The molecule has 202 valence electrons. The molecule has 2 aromatic carbocycles. The van der Waals surface area contributed by atoms with Gasteiger partial charge in [0.15, 0.2) is 0 Å². The first kappa shape index (κ1) is 25.6. The third-order valence-corrected chi connectivity index (χ3v) is 8.07. The molecule has 2 fully saturated rings. The standard InChI is InChI=1S/C30H31ClN4O4/c1-18-4-3-5-24(31)27(18)28-23(29(39-33-28)20-6-7-20)17-38-22-12-14-35(15-13-22)21-10-8-19(9-11-21)25-16-26(30(36)37)34(2)32-25/h3-5,8-11,16,20,22H,6-7,12-15,17H2,1-2H3,(H,36,37). The first-order chi connectivity index (χ1) is 18.9. The zero-order valence-electron chi connectivity index (χ0n) is 22.1. The maximum absolute atomic E-state index is 11.3. The van der Waals surface area contributed by atoms with Crippen molar-refractivity contribution in [2.75, 3.05) is 18.0 Å². The van der Waals surface area contributed by atoms with Crippen LogP contribution >= 0.6 is 11.6 Å². The average molecular weight is 547 g/mol. The molecule has 0 unspecified atom stereocenters. The number of anilines is 1. The Labute approximate surface area is 232 Å². The van der Waals surface area contributed by atoms with Crippen molar-refractivity contribution in [3.63, 3.8) is 0 Å². The number of hydrogen-bond acceptors (Lipinski definition) is 6. The van der Waals surface area contributed by atoms with Crippen molar-refractivity contribution in [3.8, 4) is 22.5 Å². The summed E-state index contributed by atoms with van der Waals surface area (Å²) in [5.74, 6) is 0.394. The molecule has 1 saturated carbocycles. The number of carboxylic acids is 1. The normalized spacial score (nSPS) is 16.1. The summed E-state index contributed by atoms with van der Waals surface area (Å²) in [6, 6.07) is 15.6. The van der Waals surface area contributed by atoms with Crippen LogP contribution in [-0.2, 0) is 18.4 Å². The number of aromatic carboxylic acids is 1. The summed E-state index contributed by atoms with van der Waals surface area (Å²) >= 11 is 6.57. The molecule has 1 N–H and O–H groups in total. The molecule has 3 heterocycles. The quantitative estimate of drug-likeness (QED) is 0.271. The molecule has 0 amide bonds. The van der Waals surface area contributed by atoms with E-state index >= 15 is 0 Å². The lowest BCUT2D eigenvalue weighted by atomic mass is 10.0. The van der Waals surface area contributed by atoms with Crippen LogP contribution in [0, 0.1) is 6.92 Å². The molecule has 1 aliphatic carbocycles. The minimum Gasteiger partial charge on any atom is -0.477 e. The number of carboxylic acid groups (broad SMARTS) is 1.